The van der Waals surface area contributed by atoms with Gasteiger partial charge in [0.1, 0.15) is 0 Å². The molecule has 7 heteroatoms. The van der Waals surface area contributed by atoms with Crippen LogP contribution in [0.4, 0.5) is 0 Å². The molecule has 0 aliphatic heterocycles. The maximum Gasteiger partial charge on any atom is 0.304 e. The van der Waals surface area contributed by atoms with Crippen LogP contribution in [0, 0.1) is 0 Å². The van der Waals surface area contributed by atoms with Crippen LogP contribution in [-0.4, -0.2) is 43.1 Å². The highest BCUT2D eigenvalue weighted by atomic mass is 32.2. The van der Waals surface area contributed by atoms with E-state index in [-0.39, 0.29) is 18.7 Å². The Bertz CT molecular complexity index is 453. The molecule has 96 valence electrons. The van der Waals surface area contributed by atoms with E-state index in [0.717, 1.165) is 9.18 Å². The summed E-state index contributed by atoms with van der Waals surface area (Å²) in [7, 11) is -1.95. The summed E-state index contributed by atoms with van der Waals surface area (Å²) < 4.78 is 24.7. The number of aryl methyl sites for hydroxylation is 1. The van der Waals surface area contributed by atoms with Crippen LogP contribution in [-0.2, 0) is 21.2 Å². The predicted octanol–water partition coefficient (Wildman–Crippen LogP) is 1.03. The van der Waals surface area contributed by atoms with Gasteiger partial charge in [0.05, 0.1) is 12.2 Å². The summed E-state index contributed by atoms with van der Waals surface area (Å²) in [5.41, 5.74) is 0. The van der Waals surface area contributed by atoms with Gasteiger partial charge in [-0.25, -0.2) is 12.7 Å². The molecule has 0 aliphatic rings. The van der Waals surface area contributed by atoms with E-state index < -0.39 is 16.0 Å². The molecule has 17 heavy (non-hydrogen) atoms. The highest BCUT2D eigenvalue weighted by molar-refractivity contribution is 7.89. The monoisotopic (exact) mass is 277 g/mol. The number of hydrogen-bond acceptors (Lipinski definition) is 4. The lowest BCUT2D eigenvalue weighted by atomic mass is 10.4. The molecule has 0 aliphatic carbocycles. The molecular formula is C10H15NO4S2. The largest absolute Gasteiger partial charge is 0.481 e. The second-order valence-electron chi connectivity index (χ2n) is 3.61. The average molecular weight is 277 g/mol. The molecule has 0 fully saturated rings. The molecular weight excluding hydrogens is 262 g/mol. The van der Waals surface area contributed by atoms with E-state index >= 15 is 0 Å². The standard InChI is InChI=1S/C10H15NO4S2/c1-11(6-4-10(12)13)17(14,15)8-5-9-3-2-7-16-9/h2-3,7H,4-6,8H2,1H3,(H,12,13). The minimum absolute atomic E-state index is 0.0160. The fraction of sp³-hybridized carbons (Fsp3) is 0.500. The Morgan fingerprint density at radius 1 is 1.53 bits per heavy atom. The molecule has 1 aromatic heterocycles. The van der Waals surface area contributed by atoms with Crippen LogP contribution < -0.4 is 0 Å². The normalized spacial score (nSPS) is 11.9. The number of thiophene rings is 1. The first kappa shape index (κ1) is 14.1. The number of carboxylic acid groups (broad SMARTS) is 1. The zero-order valence-corrected chi connectivity index (χ0v) is 11.1. The van der Waals surface area contributed by atoms with Gasteiger partial charge in [0.25, 0.3) is 0 Å². The van der Waals surface area contributed by atoms with Crippen LogP contribution in [0.3, 0.4) is 0 Å². The predicted molar refractivity (Wildman–Crippen MR) is 66.7 cm³/mol. The van der Waals surface area contributed by atoms with Gasteiger partial charge in [0.2, 0.25) is 10.0 Å². The van der Waals surface area contributed by atoms with E-state index in [9.17, 15) is 13.2 Å². The number of nitrogens with zero attached hydrogens (tertiary/aromatic N) is 1. The molecule has 0 amide bonds. The van der Waals surface area contributed by atoms with Gasteiger partial charge in [-0.05, 0) is 17.9 Å². The van der Waals surface area contributed by atoms with Crippen molar-refractivity contribution in [3.05, 3.63) is 22.4 Å². The fourth-order valence-electron chi connectivity index (χ4n) is 1.23. The first-order chi connectivity index (χ1) is 7.92. The number of aliphatic carboxylic acids is 1. The molecule has 1 N–H and O–H groups in total. The first-order valence-corrected chi connectivity index (χ1v) is 7.59. The molecule has 1 rings (SSSR count). The van der Waals surface area contributed by atoms with Crippen molar-refractivity contribution in [2.45, 2.75) is 12.8 Å². The van der Waals surface area contributed by atoms with Gasteiger partial charge in [-0.3, -0.25) is 4.79 Å². The van der Waals surface area contributed by atoms with E-state index in [4.69, 9.17) is 5.11 Å². The molecule has 0 saturated carbocycles. The molecule has 0 radical (unpaired) electrons. The number of hydrogen-bond donors (Lipinski definition) is 1. The van der Waals surface area contributed by atoms with Gasteiger partial charge in [0.15, 0.2) is 0 Å². The Kier molecular flexibility index (Phi) is 5.10. The van der Waals surface area contributed by atoms with Crippen LogP contribution in [0.2, 0.25) is 0 Å². The lowest BCUT2D eigenvalue weighted by molar-refractivity contribution is -0.137. The third-order valence-electron chi connectivity index (χ3n) is 2.30. The Hall–Kier alpha value is -0.920. The minimum Gasteiger partial charge on any atom is -0.481 e. The van der Waals surface area contributed by atoms with Gasteiger partial charge in [-0.2, -0.15) is 0 Å². The average Bonchev–Trinajstić information content (AvgIpc) is 2.75. The molecule has 1 aromatic rings. The lowest BCUT2D eigenvalue weighted by Crippen LogP contribution is -2.31. The van der Waals surface area contributed by atoms with E-state index in [1.807, 2.05) is 17.5 Å². The van der Waals surface area contributed by atoms with Crippen molar-refractivity contribution in [2.24, 2.45) is 0 Å². The summed E-state index contributed by atoms with van der Waals surface area (Å²) in [6, 6.07) is 3.76. The first-order valence-electron chi connectivity index (χ1n) is 5.10. The van der Waals surface area contributed by atoms with Crippen molar-refractivity contribution in [3.63, 3.8) is 0 Å². The molecule has 0 bridgehead atoms. The van der Waals surface area contributed by atoms with E-state index in [1.165, 1.54) is 18.4 Å². The van der Waals surface area contributed by atoms with E-state index in [0.29, 0.717) is 6.42 Å². The van der Waals surface area contributed by atoms with Gasteiger partial charge >= 0.3 is 5.97 Å². The Morgan fingerprint density at radius 3 is 2.76 bits per heavy atom. The zero-order valence-electron chi connectivity index (χ0n) is 9.50. The summed E-state index contributed by atoms with van der Waals surface area (Å²) in [5, 5.41) is 10.4. The van der Waals surface area contributed by atoms with Crippen molar-refractivity contribution >= 4 is 27.3 Å². The van der Waals surface area contributed by atoms with Crippen molar-refractivity contribution < 1.29 is 18.3 Å². The van der Waals surface area contributed by atoms with Crippen LogP contribution in [0.25, 0.3) is 0 Å². The Morgan fingerprint density at radius 2 is 2.24 bits per heavy atom. The quantitative estimate of drug-likeness (QED) is 0.807. The number of sulfonamides is 1. The van der Waals surface area contributed by atoms with E-state index in [2.05, 4.69) is 0 Å². The Labute approximate surface area is 105 Å². The van der Waals surface area contributed by atoms with Crippen molar-refractivity contribution in [1.82, 2.24) is 4.31 Å². The molecule has 0 atom stereocenters. The molecule has 5 nitrogen and oxygen atoms in total. The smallest absolute Gasteiger partial charge is 0.304 e. The topological polar surface area (TPSA) is 74.7 Å². The maximum atomic E-state index is 11.8. The van der Waals surface area contributed by atoms with E-state index in [1.54, 1.807) is 0 Å². The third kappa shape index (κ3) is 4.84. The summed E-state index contributed by atoms with van der Waals surface area (Å²) in [5.74, 6) is -0.978. The number of carbonyl (C=O) groups is 1. The molecule has 1 heterocycles. The number of carboxylic acids is 1. The number of rotatable bonds is 7. The van der Waals surface area contributed by atoms with Crippen LogP contribution in [0.5, 0.6) is 0 Å². The highest BCUT2D eigenvalue weighted by Crippen LogP contribution is 2.11. The minimum atomic E-state index is -3.36. The SMILES string of the molecule is CN(CCC(=O)O)S(=O)(=O)CCc1cccs1. The lowest BCUT2D eigenvalue weighted by Gasteiger charge is -2.15. The zero-order chi connectivity index (χ0) is 12.9. The van der Waals surface area contributed by atoms with Gasteiger partial charge < -0.3 is 5.11 Å². The summed E-state index contributed by atoms with van der Waals surface area (Å²) in [6.45, 7) is 0.0160. The Balaban J connectivity index is 2.47. The van der Waals surface area contributed by atoms with Crippen molar-refractivity contribution in [2.75, 3.05) is 19.3 Å². The second-order valence-corrected chi connectivity index (χ2v) is 6.84. The highest BCUT2D eigenvalue weighted by Gasteiger charge is 2.18. The summed E-state index contributed by atoms with van der Waals surface area (Å²) in [6.07, 6.45) is 0.298. The molecule has 0 unspecified atom stereocenters. The second kappa shape index (κ2) is 6.13. The van der Waals surface area contributed by atoms with Crippen LogP contribution in [0.1, 0.15) is 11.3 Å². The van der Waals surface area contributed by atoms with Crippen molar-refractivity contribution in [3.8, 4) is 0 Å². The van der Waals surface area contributed by atoms with Gasteiger partial charge in [-0.1, -0.05) is 6.07 Å². The molecule has 0 aromatic carbocycles. The van der Waals surface area contributed by atoms with Crippen LogP contribution >= 0.6 is 11.3 Å². The fourth-order valence-corrected chi connectivity index (χ4v) is 3.23. The summed E-state index contributed by atoms with van der Waals surface area (Å²) in [4.78, 5) is 11.4. The van der Waals surface area contributed by atoms with Crippen LogP contribution in [0.15, 0.2) is 17.5 Å². The molecule has 0 saturated heterocycles. The van der Waals surface area contributed by atoms with Gasteiger partial charge in [-0.15, -0.1) is 11.3 Å². The summed E-state index contributed by atoms with van der Waals surface area (Å²) >= 11 is 1.52. The third-order valence-corrected chi connectivity index (χ3v) is 5.09. The molecule has 0 spiro atoms. The maximum absolute atomic E-state index is 11.8. The van der Waals surface area contributed by atoms with Crippen molar-refractivity contribution in [1.29, 1.82) is 0 Å². The van der Waals surface area contributed by atoms with Gasteiger partial charge in [0, 0.05) is 18.5 Å².